The van der Waals surface area contributed by atoms with Crippen LogP contribution in [0.4, 0.5) is 0 Å². The van der Waals surface area contributed by atoms with E-state index in [0.29, 0.717) is 23.5 Å². The fraction of sp³-hybridized carbons (Fsp3) is 0.381. The predicted octanol–water partition coefficient (Wildman–Crippen LogP) is 1.63. The molecule has 2 rings (SSSR count). The Morgan fingerprint density at radius 3 is 2.16 bits per heavy atom. The number of rotatable bonds is 10. The van der Waals surface area contributed by atoms with Gasteiger partial charge in [-0.15, -0.1) is 0 Å². The molecule has 0 saturated heterocycles. The Bertz CT molecular complexity index is 1160. The molecule has 0 heterocycles. The molecule has 0 aliphatic carbocycles. The second-order valence-electron chi connectivity index (χ2n) is 7.35. The molecule has 176 valence electrons. The fourth-order valence-electron chi connectivity index (χ4n) is 2.79. The molecule has 2 N–H and O–H groups in total. The maximum Gasteiger partial charge on any atom is 0.242 e. The lowest BCUT2D eigenvalue weighted by Gasteiger charge is -2.16. The highest BCUT2D eigenvalue weighted by Gasteiger charge is 2.23. The second kappa shape index (κ2) is 10.4. The molecule has 0 spiro atoms. The van der Waals surface area contributed by atoms with Crippen LogP contribution in [0.15, 0.2) is 52.3 Å². The van der Waals surface area contributed by atoms with Gasteiger partial charge in [0.05, 0.1) is 22.4 Å². The fourth-order valence-corrected chi connectivity index (χ4v) is 4.98. The third-order valence-electron chi connectivity index (χ3n) is 4.65. The monoisotopic (exact) mass is 483 g/mol. The van der Waals surface area contributed by atoms with E-state index in [1.165, 1.54) is 45.3 Å². The summed E-state index contributed by atoms with van der Waals surface area (Å²) in [6.07, 6.45) is 0. The van der Waals surface area contributed by atoms with E-state index in [1.807, 2.05) is 6.92 Å². The van der Waals surface area contributed by atoms with Gasteiger partial charge in [0.2, 0.25) is 26.0 Å². The number of carbonyl (C=O) groups is 1. The van der Waals surface area contributed by atoms with Crippen molar-refractivity contribution in [2.24, 2.45) is 0 Å². The summed E-state index contributed by atoms with van der Waals surface area (Å²) in [5.41, 5.74) is 1.35. The summed E-state index contributed by atoms with van der Waals surface area (Å²) in [7, 11) is -4.55. The first kappa shape index (κ1) is 25.8. The Morgan fingerprint density at radius 1 is 1.03 bits per heavy atom. The molecule has 2 aromatic rings. The number of hydrogen-bond donors (Lipinski definition) is 2. The summed E-state index contributed by atoms with van der Waals surface area (Å²) in [6.45, 7) is 5.62. The number of amides is 1. The van der Waals surface area contributed by atoms with Crippen molar-refractivity contribution in [1.82, 2.24) is 14.3 Å². The van der Waals surface area contributed by atoms with E-state index in [9.17, 15) is 21.6 Å². The maximum absolute atomic E-state index is 12.6. The van der Waals surface area contributed by atoms with Crippen molar-refractivity contribution in [3.63, 3.8) is 0 Å². The molecule has 1 atom stereocenters. The lowest BCUT2D eigenvalue weighted by atomic mass is 10.2. The van der Waals surface area contributed by atoms with Crippen LogP contribution < -0.4 is 14.8 Å². The lowest BCUT2D eigenvalue weighted by Crippen LogP contribution is -2.44. The molecule has 0 aromatic heterocycles. The van der Waals surface area contributed by atoms with Crippen molar-refractivity contribution in [2.75, 3.05) is 20.7 Å². The Morgan fingerprint density at radius 2 is 1.62 bits per heavy atom. The Hall–Kier alpha value is -2.47. The van der Waals surface area contributed by atoms with Gasteiger partial charge in [-0.2, -0.15) is 4.72 Å². The smallest absolute Gasteiger partial charge is 0.242 e. The van der Waals surface area contributed by atoms with Gasteiger partial charge in [-0.25, -0.2) is 21.1 Å². The van der Waals surface area contributed by atoms with Gasteiger partial charge in [0.1, 0.15) is 5.75 Å². The molecule has 11 heteroatoms. The third-order valence-corrected chi connectivity index (χ3v) is 8.02. The van der Waals surface area contributed by atoms with E-state index in [2.05, 4.69) is 10.0 Å². The second-order valence-corrected chi connectivity index (χ2v) is 11.2. The summed E-state index contributed by atoms with van der Waals surface area (Å²) >= 11 is 0. The van der Waals surface area contributed by atoms with Gasteiger partial charge in [-0.1, -0.05) is 12.1 Å². The SMILES string of the molecule is CCOc1ccc(S(=O)(=O)N[C@@H](C)C(=O)NCc2ccc(S(=O)(=O)N(C)C)cc2)cc1C. The normalized spacial score (nSPS) is 13.1. The van der Waals surface area contributed by atoms with Crippen LogP contribution in [0.5, 0.6) is 5.75 Å². The highest BCUT2D eigenvalue weighted by atomic mass is 32.2. The quantitative estimate of drug-likeness (QED) is 0.530. The van der Waals surface area contributed by atoms with E-state index in [-0.39, 0.29) is 16.3 Å². The summed E-state index contributed by atoms with van der Waals surface area (Å²) in [5.74, 6) is 0.0860. The predicted molar refractivity (Wildman–Crippen MR) is 121 cm³/mol. The number of benzene rings is 2. The van der Waals surface area contributed by atoms with Crippen molar-refractivity contribution in [3.8, 4) is 5.75 Å². The Kier molecular flexibility index (Phi) is 8.41. The van der Waals surface area contributed by atoms with Gasteiger partial charge in [-0.05, 0) is 62.2 Å². The van der Waals surface area contributed by atoms with Gasteiger partial charge >= 0.3 is 0 Å². The molecule has 9 nitrogen and oxygen atoms in total. The van der Waals surface area contributed by atoms with Gasteiger partial charge in [0, 0.05) is 20.6 Å². The highest BCUT2D eigenvalue weighted by molar-refractivity contribution is 7.89. The largest absolute Gasteiger partial charge is 0.494 e. The number of hydrogen-bond acceptors (Lipinski definition) is 6. The third kappa shape index (κ3) is 6.28. The lowest BCUT2D eigenvalue weighted by molar-refractivity contribution is -0.122. The van der Waals surface area contributed by atoms with Gasteiger partial charge < -0.3 is 10.1 Å². The molecular formula is C21H29N3O6S2. The molecule has 2 aromatic carbocycles. The van der Waals surface area contributed by atoms with Crippen LogP contribution in [0.2, 0.25) is 0 Å². The molecule has 0 aliphatic heterocycles. The van der Waals surface area contributed by atoms with Crippen molar-refractivity contribution in [1.29, 1.82) is 0 Å². The van der Waals surface area contributed by atoms with E-state index in [4.69, 9.17) is 4.74 Å². The van der Waals surface area contributed by atoms with Crippen LogP contribution in [0, 0.1) is 6.92 Å². The van der Waals surface area contributed by atoms with Crippen molar-refractivity contribution < 1.29 is 26.4 Å². The Balaban J connectivity index is 2.00. The summed E-state index contributed by atoms with van der Waals surface area (Å²) in [6, 6.07) is 9.57. The van der Waals surface area contributed by atoms with Gasteiger partial charge in [0.25, 0.3) is 0 Å². The number of nitrogens with one attached hydrogen (secondary N) is 2. The van der Waals surface area contributed by atoms with E-state index in [0.717, 1.165) is 4.31 Å². The number of carbonyl (C=O) groups excluding carboxylic acids is 1. The van der Waals surface area contributed by atoms with E-state index in [1.54, 1.807) is 25.1 Å². The van der Waals surface area contributed by atoms with Crippen LogP contribution in [-0.4, -0.2) is 53.8 Å². The van der Waals surface area contributed by atoms with Crippen LogP contribution in [0.3, 0.4) is 0 Å². The van der Waals surface area contributed by atoms with Crippen LogP contribution in [0.25, 0.3) is 0 Å². The first-order valence-electron chi connectivity index (χ1n) is 9.93. The summed E-state index contributed by atoms with van der Waals surface area (Å²) in [5, 5.41) is 2.65. The van der Waals surface area contributed by atoms with Crippen molar-refractivity contribution in [2.45, 2.75) is 43.1 Å². The van der Waals surface area contributed by atoms with Crippen LogP contribution >= 0.6 is 0 Å². The molecule has 0 aliphatic rings. The zero-order valence-corrected chi connectivity index (χ0v) is 20.4. The number of ether oxygens (including phenoxy) is 1. The van der Waals surface area contributed by atoms with Gasteiger partial charge in [-0.3, -0.25) is 4.79 Å². The topological polar surface area (TPSA) is 122 Å². The highest BCUT2D eigenvalue weighted by Crippen LogP contribution is 2.22. The molecule has 32 heavy (non-hydrogen) atoms. The zero-order valence-electron chi connectivity index (χ0n) is 18.7. The number of nitrogens with zero attached hydrogens (tertiary/aromatic N) is 1. The first-order chi connectivity index (χ1) is 14.9. The minimum Gasteiger partial charge on any atom is -0.494 e. The summed E-state index contributed by atoms with van der Waals surface area (Å²) < 4.78 is 58.4. The molecule has 0 radical (unpaired) electrons. The minimum absolute atomic E-state index is 0.0378. The average molecular weight is 484 g/mol. The van der Waals surface area contributed by atoms with Crippen LogP contribution in [0.1, 0.15) is 25.0 Å². The molecule has 0 unspecified atom stereocenters. The summed E-state index contributed by atoms with van der Waals surface area (Å²) in [4.78, 5) is 12.6. The van der Waals surface area contributed by atoms with Gasteiger partial charge in [0.15, 0.2) is 0 Å². The number of sulfonamides is 2. The minimum atomic E-state index is -3.91. The van der Waals surface area contributed by atoms with E-state index < -0.39 is 32.0 Å². The molecule has 1 amide bonds. The standard InChI is InChI=1S/C21H29N3O6S2/c1-6-30-20-12-11-19(13-15(20)2)31(26,27)23-16(3)21(25)22-14-17-7-9-18(10-8-17)32(28,29)24(4)5/h7-13,16,23H,6,14H2,1-5H3,(H,22,25)/t16-/m0/s1. The van der Waals surface area contributed by atoms with E-state index >= 15 is 0 Å². The Labute approximate surface area is 189 Å². The van der Waals surface area contributed by atoms with Crippen molar-refractivity contribution >= 4 is 26.0 Å². The van der Waals surface area contributed by atoms with Crippen LogP contribution in [-0.2, 0) is 31.4 Å². The molecule has 0 saturated carbocycles. The first-order valence-corrected chi connectivity index (χ1v) is 12.9. The average Bonchev–Trinajstić information content (AvgIpc) is 2.73. The van der Waals surface area contributed by atoms with Crippen molar-refractivity contribution in [3.05, 3.63) is 53.6 Å². The molecule has 0 fully saturated rings. The number of aryl methyl sites for hydroxylation is 1. The maximum atomic E-state index is 12.6. The molecular weight excluding hydrogens is 454 g/mol. The zero-order chi connectivity index (χ0) is 24.1. The molecule has 0 bridgehead atoms.